The fourth-order valence-corrected chi connectivity index (χ4v) is 4.04. The van der Waals surface area contributed by atoms with Gasteiger partial charge in [-0.2, -0.15) is 0 Å². The van der Waals surface area contributed by atoms with Gasteiger partial charge >= 0.3 is 5.97 Å². The second kappa shape index (κ2) is 8.47. The van der Waals surface area contributed by atoms with Crippen LogP contribution < -0.4 is 19.1 Å². The Morgan fingerprint density at radius 3 is 2.32 bits per heavy atom. The molecule has 7 heteroatoms. The molecule has 160 valence electrons. The first-order chi connectivity index (χ1) is 14.9. The van der Waals surface area contributed by atoms with Crippen molar-refractivity contribution in [2.75, 3.05) is 18.1 Å². The number of esters is 1. The number of fused-ring (bicyclic) bond motifs is 2. The summed E-state index contributed by atoms with van der Waals surface area (Å²) in [6, 6.07) is 12.3. The van der Waals surface area contributed by atoms with Gasteiger partial charge in [-0.25, -0.2) is 0 Å². The fourth-order valence-electron chi connectivity index (χ4n) is 3.86. The smallest absolute Gasteiger partial charge is 0.308 e. The molecule has 1 aliphatic heterocycles. The summed E-state index contributed by atoms with van der Waals surface area (Å²) in [5.41, 5.74) is 1.96. The first-order valence-electron chi connectivity index (χ1n) is 10.1. The SMILES string of the molecule is CCOc1c2c(c(OCC)c3ccc(Cl)cc13)C(=O)N(c1ccc(OC(C)=O)cc1)C2. The molecule has 4 rings (SSSR count). The van der Waals surface area contributed by atoms with Gasteiger partial charge in [-0.3, -0.25) is 9.59 Å². The summed E-state index contributed by atoms with van der Waals surface area (Å²) in [7, 11) is 0. The van der Waals surface area contributed by atoms with Gasteiger partial charge in [0.1, 0.15) is 17.2 Å². The molecule has 0 saturated carbocycles. The molecule has 0 fully saturated rings. The van der Waals surface area contributed by atoms with Gasteiger partial charge in [0, 0.05) is 34.0 Å². The van der Waals surface area contributed by atoms with Crippen LogP contribution in [0.5, 0.6) is 17.2 Å². The zero-order chi connectivity index (χ0) is 22.1. The second-order valence-corrected chi connectivity index (χ2v) is 7.48. The maximum atomic E-state index is 13.5. The third-order valence-electron chi connectivity index (χ3n) is 5.04. The Morgan fingerprint density at radius 2 is 1.68 bits per heavy atom. The molecule has 0 N–H and O–H groups in total. The van der Waals surface area contributed by atoms with Crippen molar-refractivity contribution in [3.05, 3.63) is 58.6 Å². The summed E-state index contributed by atoms with van der Waals surface area (Å²) in [6.07, 6.45) is 0. The number of anilines is 1. The van der Waals surface area contributed by atoms with Crippen molar-refractivity contribution in [2.45, 2.75) is 27.3 Å². The lowest BCUT2D eigenvalue weighted by atomic mass is 9.99. The van der Waals surface area contributed by atoms with E-state index in [9.17, 15) is 9.59 Å². The highest BCUT2D eigenvalue weighted by molar-refractivity contribution is 6.31. The molecule has 0 bridgehead atoms. The summed E-state index contributed by atoms with van der Waals surface area (Å²) in [5.74, 6) is 1.04. The van der Waals surface area contributed by atoms with Crippen molar-refractivity contribution in [3.63, 3.8) is 0 Å². The zero-order valence-corrected chi connectivity index (χ0v) is 18.3. The molecule has 0 saturated heterocycles. The summed E-state index contributed by atoms with van der Waals surface area (Å²) < 4.78 is 17.0. The minimum Gasteiger partial charge on any atom is -0.493 e. The lowest BCUT2D eigenvalue weighted by molar-refractivity contribution is -0.131. The molecule has 31 heavy (non-hydrogen) atoms. The molecule has 1 aliphatic rings. The monoisotopic (exact) mass is 439 g/mol. The number of carbonyl (C=O) groups is 2. The van der Waals surface area contributed by atoms with Gasteiger partial charge < -0.3 is 19.1 Å². The van der Waals surface area contributed by atoms with E-state index < -0.39 is 5.97 Å². The Hall–Kier alpha value is -3.25. The van der Waals surface area contributed by atoms with E-state index in [1.165, 1.54) is 6.92 Å². The minimum absolute atomic E-state index is 0.170. The van der Waals surface area contributed by atoms with E-state index >= 15 is 0 Å². The van der Waals surface area contributed by atoms with E-state index in [0.29, 0.717) is 53.3 Å². The van der Waals surface area contributed by atoms with Crippen molar-refractivity contribution in [1.29, 1.82) is 0 Å². The highest BCUT2D eigenvalue weighted by atomic mass is 35.5. The predicted molar refractivity (Wildman–Crippen MR) is 120 cm³/mol. The van der Waals surface area contributed by atoms with E-state index in [2.05, 4.69) is 0 Å². The summed E-state index contributed by atoms with van der Waals surface area (Å²) in [6.45, 7) is 6.34. The summed E-state index contributed by atoms with van der Waals surface area (Å²) >= 11 is 6.27. The molecular weight excluding hydrogens is 418 g/mol. The van der Waals surface area contributed by atoms with Crippen LogP contribution in [0.3, 0.4) is 0 Å². The van der Waals surface area contributed by atoms with Crippen LogP contribution in [-0.2, 0) is 11.3 Å². The van der Waals surface area contributed by atoms with E-state index in [0.717, 1.165) is 16.3 Å². The van der Waals surface area contributed by atoms with E-state index in [1.807, 2.05) is 26.0 Å². The van der Waals surface area contributed by atoms with Crippen molar-refractivity contribution < 1.29 is 23.8 Å². The number of rotatable bonds is 6. The molecule has 1 heterocycles. The van der Waals surface area contributed by atoms with Gasteiger partial charge in [-0.15, -0.1) is 0 Å². The van der Waals surface area contributed by atoms with Crippen molar-refractivity contribution in [1.82, 2.24) is 0 Å². The number of nitrogens with zero attached hydrogens (tertiary/aromatic N) is 1. The maximum absolute atomic E-state index is 13.5. The number of carbonyl (C=O) groups excluding carboxylic acids is 2. The van der Waals surface area contributed by atoms with Crippen LogP contribution in [0.2, 0.25) is 5.02 Å². The van der Waals surface area contributed by atoms with Crippen LogP contribution >= 0.6 is 11.6 Å². The average Bonchev–Trinajstić information content (AvgIpc) is 3.08. The van der Waals surface area contributed by atoms with Crippen LogP contribution in [0.4, 0.5) is 5.69 Å². The van der Waals surface area contributed by atoms with Crippen LogP contribution in [-0.4, -0.2) is 25.1 Å². The molecule has 1 amide bonds. The lowest BCUT2D eigenvalue weighted by Gasteiger charge is -2.17. The number of hydrogen-bond acceptors (Lipinski definition) is 5. The number of amides is 1. The highest BCUT2D eigenvalue weighted by Gasteiger charge is 2.36. The Morgan fingerprint density at radius 1 is 1.00 bits per heavy atom. The van der Waals surface area contributed by atoms with Gasteiger partial charge in [0.15, 0.2) is 0 Å². The van der Waals surface area contributed by atoms with Gasteiger partial charge in [-0.1, -0.05) is 11.6 Å². The standard InChI is InChI=1S/C24H22ClNO5/c1-4-29-22-19-12-15(25)6-11-18(19)23(30-5-2)21-20(22)13-26(24(21)28)16-7-9-17(10-8-16)31-14(3)27/h6-12H,4-5,13H2,1-3H3. The fraction of sp³-hybridized carbons (Fsp3) is 0.250. The Kier molecular flexibility index (Phi) is 5.74. The molecule has 3 aromatic rings. The Bertz CT molecular complexity index is 1170. The molecule has 0 aromatic heterocycles. The molecule has 0 spiro atoms. The summed E-state index contributed by atoms with van der Waals surface area (Å²) in [4.78, 5) is 26.3. The largest absolute Gasteiger partial charge is 0.493 e. The van der Waals surface area contributed by atoms with E-state index in [4.69, 9.17) is 25.8 Å². The number of hydrogen-bond donors (Lipinski definition) is 0. The normalized spacial score (nSPS) is 12.8. The van der Waals surface area contributed by atoms with Gasteiger partial charge in [0.25, 0.3) is 5.91 Å². The quantitative estimate of drug-likeness (QED) is 0.381. The lowest BCUT2D eigenvalue weighted by Crippen LogP contribution is -2.23. The maximum Gasteiger partial charge on any atom is 0.308 e. The molecule has 3 aromatic carbocycles. The number of halogens is 1. The topological polar surface area (TPSA) is 65.1 Å². The second-order valence-electron chi connectivity index (χ2n) is 7.05. The molecule has 0 radical (unpaired) electrons. The Balaban J connectivity index is 1.85. The zero-order valence-electron chi connectivity index (χ0n) is 17.5. The van der Waals surface area contributed by atoms with Gasteiger partial charge in [0.05, 0.1) is 25.3 Å². The molecule has 0 aliphatic carbocycles. The average molecular weight is 440 g/mol. The third-order valence-corrected chi connectivity index (χ3v) is 5.27. The van der Waals surface area contributed by atoms with Crippen molar-refractivity contribution in [3.8, 4) is 17.2 Å². The molecule has 0 atom stereocenters. The first-order valence-corrected chi connectivity index (χ1v) is 10.5. The number of ether oxygens (including phenoxy) is 3. The first kappa shape index (κ1) is 21.0. The van der Waals surface area contributed by atoms with Crippen molar-refractivity contribution in [2.24, 2.45) is 0 Å². The van der Waals surface area contributed by atoms with Crippen LogP contribution in [0.25, 0.3) is 10.8 Å². The third kappa shape index (κ3) is 3.79. The van der Waals surface area contributed by atoms with Crippen LogP contribution in [0.1, 0.15) is 36.7 Å². The molecular formula is C24H22ClNO5. The summed E-state index contributed by atoms with van der Waals surface area (Å²) in [5, 5.41) is 2.18. The number of benzene rings is 3. The predicted octanol–water partition coefficient (Wildman–Crippen LogP) is 5.38. The van der Waals surface area contributed by atoms with Crippen LogP contribution in [0, 0.1) is 0 Å². The van der Waals surface area contributed by atoms with Gasteiger partial charge in [-0.05, 0) is 56.3 Å². The minimum atomic E-state index is -0.398. The highest BCUT2D eigenvalue weighted by Crippen LogP contribution is 2.46. The molecule has 6 nitrogen and oxygen atoms in total. The molecule has 0 unspecified atom stereocenters. The Labute approximate surface area is 185 Å². The van der Waals surface area contributed by atoms with Crippen molar-refractivity contribution >= 4 is 39.9 Å². The van der Waals surface area contributed by atoms with Gasteiger partial charge in [0.2, 0.25) is 0 Å². The van der Waals surface area contributed by atoms with E-state index in [1.54, 1.807) is 35.2 Å². The van der Waals surface area contributed by atoms with E-state index in [-0.39, 0.29) is 5.91 Å². The van der Waals surface area contributed by atoms with Crippen LogP contribution in [0.15, 0.2) is 42.5 Å².